The van der Waals surface area contributed by atoms with E-state index >= 15 is 0 Å². The third-order valence-corrected chi connectivity index (χ3v) is 6.24. The molecule has 1 N–H and O–H groups in total. The third-order valence-electron chi connectivity index (χ3n) is 6.24. The zero-order valence-corrected chi connectivity index (χ0v) is 19.9. The summed E-state index contributed by atoms with van der Waals surface area (Å²) < 4.78 is 16.6. The van der Waals surface area contributed by atoms with Crippen LogP contribution in [-0.2, 0) is 22.6 Å². The average molecular weight is 477 g/mol. The molecule has 1 aliphatic heterocycles. The van der Waals surface area contributed by atoms with E-state index in [1.807, 2.05) is 43.3 Å². The number of benzene rings is 2. The lowest BCUT2D eigenvalue weighted by Crippen LogP contribution is -2.38. The molecule has 1 amide bonds. The predicted molar refractivity (Wildman–Crippen MR) is 130 cm³/mol. The monoisotopic (exact) mass is 476 g/mol. The first-order chi connectivity index (χ1) is 16.9. The third kappa shape index (κ3) is 5.21. The summed E-state index contributed by atoms with van der Waals surface area (Å²) in [6.07, 6.45) is 3.49. The first-order valence-electron chi connectivity index (χ1n) is 11.3. The number of hydrogen-bond acceptors (Lipinski definition) is 6. The van der Waals surface area contributed by atoms with Gasteiger partial charge in [0.1, 0.15) is 12.4 Å². The minimum atomic E-state index is -0.913. The number of amides is 1. The number of nitrogens with zero attached hydrogens (tertiary/aromatic N) is 2. The van der Waals surface area contributed by atoms with Crippen LogP contribution in [0.25, 0.3) is 0 Å². The van der Waals surface area contributed by atoms with Gasteiger partial charge in [0.25, 0.3) is 0 Å². The molecular formula is C27H28N2O6. The van der Waals surface area contributed by atoms with Gasteiger partial charge in [-0.3, -0.25) is 14.6 Å². The number of aromatic nitrogens is 1. The van der Waals surface area contributed by atoms with Crippen molar-refractivity contribution >= 4 is 17.6 Å². The quantitative estimate of drug-likeness (QED) is 0.494. The Morgan fingerprint density at radius 3 is 2.51 bits per heavy atom. The van der Waals surface area contributed by atoms with Gasteiger partial charge in [0.05, 0.1) is 27.1 Å². The van der Waals surface area contributed by atoms with Gasteiger partial charge in [-0.15, -0.1) is 0 Å². The second-order valence-corrected chi connectivity index (χ2v) is 8.45. The maximum absolute atomic E-state index is 13.4. The Balaban J connectivity index is 1.59. The largest absolute Gasteiger partial charge is 0.493 e. The van der Waals surface area contributed by atoms with Crippen molar-refractivity contribution in [1.29, 1.82) is 0 Å². The first kappa shape index (κ1) is 24.1. The molecule has 0 fully saturated rings. The van der Waals surface area contributed by atoms with Crippen LogP contribution in [0.3, 0.4) is 0 Å². The van der Waals surface area contributed by atoms with Gasteiger partial charge in [-0.2, -0.15) is 0 Å². The van der Waals surface area contributed by atoms with Crippen LogP contribution in [0.4, 0.5) is 5.69 Å². The van der Waals surface area contributed by atoms with Crippen molar-refractivity contribution in [3.8, 4) is 17.2 Å². The summed E-state index contributed by atoms with van der Waals surface area (Å²) in [6, 6.07) is 14.3. The van der Waals surface area contributed by atoms with Crippen molar-refractivity contribution in [2.75, 3.05) is 19.1 Å². The molecular weight excluding hydrogens is 448 g/mol. The molecule has 0 radical (unpaired) electrons. The van der Waals surface area contributed by atoms with Crippen LogP contribution >= 0.6 is 0 Å². The number of aliphatic carboxylic acids is 1. The molecule has 182 valence electrons. The van der Waals surface area contributed by atoms with Crippen LogP contribution in [0, 0.1) is 0 Å². The molecule has 4 rings (SSSR count). The molecule has 0 saturated carbocycles. The summed E-state index contributed by atoms with van der Waals surface area (Å²) in [6.45, 7) is 2.23. The maximum Gasteiger partial charge on any atom is 0.304 e. The molecule has 3 aromatic rings. The molecule has 0 spiro atoms. The van der Waals surface area contributed by atoms with Gasteiger partial charge in [0, 0.05) is 35.6 Å². The molecule has 2 unspecified atom stereocenters. The molecule has 0 bridgehead atoms. The van der Waals surface area contributed by atoms with E-state index in [4.69, 9.17) is 14.2 Å². The Labute approximate surface area is 204 Å². The van der Waals surface area contributed by atoms with Gasteiger partial charge in [-0.05, 0) is 54.4 Å². The fraction of sp³-hybridized carbons (Fsp3) is 0.296. The van der Waals surface area contributed by atoms with Crippen molar-refractivity contribution in [3.63, 3.8) is 0 Å². The van der Waals surface area contributed by atoms with Crippen LogP contribution < -0.4 is 19.1 Å². The van der Waals surface area contributed by atoms with Crippen LogP contribution in [0.2, 0.25) is 0 Å². The van der Waals surface area contributed by atoms with E-state index in [0.717, 1.165) is 16.7 Å². The normalized spacial score (nSPS) is 16.5. The lowest BCUT2D eigenvalue weighted by atomic mass is 9.92. The average Bonchev–Trinajstić information content (AvgIpc) is 3.13. The molecule has 8 nitrogen and oxygen atoms in total. The summed E-state index contributed by atoms with van der Waals surface area (Å²) in [4.78, 5) is 30.9. The molecule has 0 aliphatic carbocycles. The molecule has 0 saturated heterocycles. The van der Waals surface area contributed by atoms with Crippen LogP contribution in [-0.4, -0.2) is 42.2 Å². The number of fused-ring (bicyclic) bond motifs is 1. The second kappa shape index (κ2) is 10.5. The number of carbonyl (C=O) groups excluding carboxylic acids is 1. The zero-order valence-electron chi connectivity index (χ0n) is 19.9. The minimum Gasteiger partial charge on any atom is -0.493 e. The Morgan fingerprint density at radius 1 is 1.03 bits per heavy atom. The Morgan fingerprint density at radius 2 is 1.83 bits per heavy atom. The highest BCUT2D eigenvalue weighted by atomic mass is 16.5. The predicted octanol–water partition coefficient (Wildman–Crippen LogP) is 4.21. The minimum absolute atomic E-state index is 0.0830. The summed E-state index contributed by atoms with van der Waals surface area (Å²) >= 11 is 0. The van der Waals surface area contributed by atoms with Crippen LogP contribution in [0.15, 0.2) is 60.9 Å². The lowest BCUT2D eigenvalue weighted by molar-refractivity contribution is -0.137. The van der Waals surface area contributed by atoms with Crippen LogP contribution in [0.5, 0.6) is 17.2 Å². The highest BCUT2D eigenvalue weighted by Crippen LogP contribution is 2.45. The van der Waals surface area contributed by atoms with E-state index < -0.39 is 5.97 Å². The Hall–Kier alpha value is -4.07. The number of carboxylic acids is 1. The summed E-state index contributed by atoms with van der Waals surface area (Å²) in [5.74, 6) is 0.366. The highest BCUT2D eigenvalue weighted by Gasteiger charge is 2.40. The van der Waals surface area contributed by atoms with E-state index in [0.29, 0.717) is 29.5 Å². The van der Waals surface area contributed by atoms with Crippen molar-refractivity contribution in [2.24, 2.45) is 0 Å². The SMILES string of the molecule is COc1ccc(CC(=O)N2c3ccc(OCc4cccnc4)cc3C(CC(=O)O)C2C)cc1OC. The topological polar surface area (TPSA) is 98.2 Å². The molecule has 35 heavy (non-hydrogen) atoms. The number of pyridine rings is 1. The lowest BCUT2D eigenvalue weighted by Gasteiger charge is -2.25. The van der Waals surface area contributed by atoms with E-state index in [-0.39, 0.29) is 30.7 Å². The number of carbonyl (C=O) groups is 2. The van der Waals surface area contributed by atoms with Gasteiger partial charge in [0.15, 0.2) is 11.5 Å². The van der Waals surface area contributed by atoms with E-state index in [1.165, 1.54) is 0 Å². The smallest absolute Gasteiger partial charge is 0.304 e. The van der Waals surface area contributed by atoms with Gasteiger partial charge in [0.2, 0.25) is 5.91 Å². The number of carboxylic acid groups (broad SMARTS) is 1. The maximum atomic E-state index is 13.4. The summed E-state index contributed by atoms with van der Waals surface area (Å²) in [5, 5.41) is 9.54. The summed E-state index contributed by atoms with van der Waals surface area (Å²) in [7, 11) is 3.11. The fourth-order valence-electron chi connectivity index (χ4n) is 4.53. The van der Waals surface area contributed by atoms with Crippen molar-refractivity contribution in [3.05, 3.63) is 77.6 Å². The van der Waals surface area contributed by atoms with Crippen LogP contribution in [0.1, 0.15) is 36.0 Å². The number of hydrogen-bond donors (Lipinski definition) is 1. The Bertz CT molecular complexity index is 1210. The molecule has 2 atom stereocenters. The van der Waals surface area contributed by atoms with E-state index in [2.05, 4.69) is 4.98 Å². The summed E-state index contributed by atoms with van der Waals surface area (Å²) in [5.41, 5.74) is 3.21. The number of rotatable bonds is 9. The van der Waals surface area contributed by atoms with Gasteiger partial charge in [-0.25, -0.2) is 0 Å². The molecule has 2 heterocycles. The number of ether oxygens (including phenoxy) is 3. The first-order valence-corrected chi connectivity index (χ1v) is 11.3. The molecule has 1 aliphatic rings. The standard InChI is InChI=1S/C27H28N2O6/c1-17-21(14-27(31)32)22-13-20(35-16-19-5-4-10-28-15-19)7-8-23(22)29(17)26(30)12-18-6-9-24(33-2)25(11-18)34-3/h4-11,13,15,17,21H,12,14,16H2,1-3H3,(H,31,32). The fourth-order valence-corrected chi connectivity index (χ4v) is 4.53. The number of anilines is 1. The highest BCUT2D eigenvalue weighted by molar-refractivity contribution is 5.98. The molecule has 1 aromatic heterocycles. The van der Waals surface area contributed by atoms with Gasteiger partial charge < -0.3 is 24.2 Å². The number of methoxy groups -OCH3 is 2. The van der Waals surface area contributed by atoms with Crippen molar-refractivity contribution in [1.82, 2.24) is 4.98 Å². The van der Waals surface area contributed by atoms with Gasteiger partial charge >= 0.3 is 5.97 Å². The molecule has 2 aromatic carbocycles. The van der Waals surface area contributed by atoms with E-state index in [9.17, 15) is 14.7 Å². The zero-order chi connectivity index (χ0) is 24.9. The Kier molecular flexibility index (Phi) is 7.19. The van der Waals surface area contributed by atoms with Crippen molar-refractivity contribution in [2.45, 2.75) is 38.3 Å². The van der Waals surface area contributed by atoms with Gasteiger partial charge in [-0.1, -0.05) is 12.1 Å². The molecule has 8 heteroatoms. The van der Waals surface area contributed by atoms with E-state index in [1.54, 1.807) is 43.6 Å². The second-order valence-electron chi connectivity index (χ2n) is 8.45. The van der Waals surface area contributed by atoms with Crippen molar-refractivity contribution < 1.29 is 28.9 Å².